The summed E-state index contributed by atoms with van der Waals surface area (Å²) in [6.45, 7) is 4.94. The largest absolute Gasteiger partial charge is 0.354 e. The van der Waals surface area contributed by atoms with E-state index in [9.17, 15) is 14.0 Å². The average Bonchev–Trinajstić information content (AvgIpc) is 2.81. The lowest BCUT2D eigenvalue weighted by Gasteiger charge is -2.32. The van der Waals surface area contributed by atoms with E-state index in [-0.39, 0.29) is 30.6 Å². The SMILES string of the molecule is CC(C)CCNC(=O)C(c1ccccc1)N(Cc1ccc(F)cc1)C(=O)Cc1ccccc1. The molecule has 1 N–H and O–H groups in total. The number of nitrogens with zero attached hydrogens (tertiary/aromatic N) is 1. The van der Waals surface area contributed by atoms with Crippen LogP contribution in [0.2, 0.25) is 0 Å². The predicted octanol–water partition coefficient (Wildman–Crippen LogP) is 5.30. The van der Waals surface area contributed by atoms with Crippen LogP contribution in [0.25, 0.3) is 0 Å². The van der Waals surface area contributed by atoms with Gasteiger partial charge in [-0.3, -0.25) is 9.59 Å². The van der Waals surface area contributed by atoms with Crippen LogP contribution >= 0.6 is 0 Å². The van der Waals surface area contributed by atoms with E-state index >= 15 is 0 Å². The van der Waals surface area contributed by atoms with Gasteiger partial charge >= 0.3 is 0 Å². The van der Waals surface area contributed by atoms with Gasteiger partial charge in [0.15, 0.2) is 0 Å². The number of rotatable bonds is 10. The number of nitrogens with one attached hydrogen (secondary N) is 1. The second-order valence-electron chi connectivity index (χ2n) is 8.60. The van der Waals surface area contributed by atoms with E-state index < -0.39 is 6.04 Å². The fourth-order valence-corrected chi connectivity index (χ4v) is 3.67. The van der Waals surface area contributed by atoms with Crippen molar-refractivity contribution in [3.63, 3.8) is 0 Å². The van der Waals surface area contributed by atoms with E-state index in [1.807, 2.05) is 60.7 Å². The molecule has 0 aliphatic carbocycles. The van der Waals surface area contributed by atoms with E-state index in [1.54, 1.807) is 17.0 Å². The van der Waals surface area contributed by atoms with Gasteiger partial charge in [0.25, 0.3) is 0 Å². The summed E-state index contributed by atoms with van der Waals surface area (Å²) in [6.07, 6.45) is 1.02. The van der Waals surface area contributed by atoms with Crippen molar-refractivity contribution in [3.05, 3.63) is 107 Å². The predicted molar refractivity (Wildman–Crippen MR) is 129 cm³/mol. The number of benzene rings is 3. The minimum atomic E-state index is -0.792. The van der Waals surface area contributed by atoms with Crippen LogP contribution in [0.1, 0.15) is 43.0 Å². The third kappa shape index (κ3) is 7.28. The zero-order valence-electron chi connectivity index (χ0n) is 19.2. The topological polar surface area (TPSA) is 49.4 Å². The molecule has 33 heavy (non-hydrogen) atoms. The molecule has 1 unspecified atom stereocenters. The van der Waals surface area contributed by atoms with Crippen molar-refractivity contribution >= 4 is 11.8 Å². The summed E-state index contributed by atoms with van der Waals surface area (Å²) in [6, 6.07) is 24.1. The van der Waals surface area contributed by atoms with Crippen LogP contribution in [0.4, 0.5) is 4.39 Å². The lowest BCUT2D eigenvalue weighted by atomic mass is 10.0. The first kappa shape index (κ1) is 24.2. The van der Waals surface area contributed by atoms with Crippen molar-refractivity contribution in [1.29, 1.82) is 0 Å². The van der Waals surface area contributed by atoms with Crippen LogP contribution in [0.5, 0.6) is 0 Å². The number of carbonyl (C=O) groups excluding carboxylic acids is 2. The molecule has 0 saturated carbocycles. The van der Waals surface area contributed by atoms with Crippen LogP contribution in [0.15, 0.2) is 84.9 Å². The lowest BCUT2D eigenvalue weighted by molar-refractivity contribution is -0.141. The van der Waals surface area contributed by atoms with Gasteiger partial charge in [-0.15, -0.1) is 0 Å². The zero-order chi connectivity index (χ0) is 23.6. The molecule has 0 aliphatic rings. The Kier molecular flexibility index (Phi) is 8.76. The van der Waals surface area contributed by atoms with Gasteiger partial charge in [0.05, 0.1) is 6.42 Å². The Bertz CT molecular complexity index is 1020. The van der Waals surface area contributed by atoms with Gasteiger partial charge in [-0.25, -0.2) is 4.39 Å². The summed E-state index contributed by atoms with van der Waals surface area (Å²) in [5.41, 5.74) is 2.37. The molecule has 4 nitrogen and oxygen atoms in total. The third-order valence-electron chi connectivity index (χ3n) is 5.48. The Morgan fingerprint density at radius 3 is 2.06 bits per heavy atom. The monoisotopic (exact) mass is 446 g/mol. The molecule has 0 aromatic heterocycles. The third-order valence-corrected chi connectivity index (χ3v) is 5.48. The summed E-state index contributed by atoms with van der Waals surface area (Å²) < 4.78 is 13.5. The Morgan fingerprint density at radius 1 is 0.848 bits per heavy atom. The van der Waals surface area contributed by atoms with Gasteiger partial charge in [-0.2, -0.15) is 0 Å². The molecule has 0 spiro atoms. The zero-order valence-corrected chi connectivity index (χ0v) is 19.2. The Labute approximate surface area is 195 Å². The van der Waals surface area contributed by atoms with Gasteiger partial charge in [-0.05, 0) is 41.2 Å². The van der Waals surface area contributed by atoms with Crippen molar-refractivity contribution < 1.29 is 14.0 Å². The van der Waals surface area contributed by atoms with Crippen molar-refractivity contribution in [1.82, 2.24) is 10.2 Å². The maximum absolute atomic E-state index is 13.6. The number of carbonyl (C=O) groups is 2. The highest BCUT2D eigenvalue weighted by Crippen LogP contribution is 2.25. The molecule has 172 valence electrons. The average molecular weight is 447 g/mol. The van der Waals surface area contributed by atoms with E-state index in [0.717, 1.165) is 23.1 Å². The minimum absolute atomic E-state index is 0.168. The molecule has 3 aromatic rings. The molecule has 0 radical (unpaired) electrons. The van der Waals surface area contributed by atoms with E-state index in [4.69, 9.17) is 0 Å². The fraction of sp³-hybridized carbons (Fsp3) is 0.286. The lowest BCUT2D eigenvalue weighted by Crippen LogP contribution is -2.44. The molecule has 0 saturated heterocycles. The van der Waals surface area contributed by atoms with Gasteiger partial charge in [0.1, 0.15) is 11.9 Å². The summed E-state index contributed by atoms with van der Waals surface area (Å²) in [5, 5.41) is 3.01. The van der Waals surface area contributed by atoms with Crippen molar-refractivity contribution in [2.75, 3.05) is 6.54 Å². The summed E-state index contributed by atoms with van der Waals surface area (Å²) in [7, 11) is 0. The molecular formula is C28H31FN2O2. The van der Waals surface area contributed by atoms with Crippen molar-refractivity contribution in [2.24, 2.45) is 5.92 Å². The molecule has 0 bridgehead atoms. The van der Waals surface area contributed by atoms with E-state index in [1.165, 1.54) is 12.1 Å². The Hall–Kier alpha value is -3.47. The van der Waals surface area contributed by atoms with Gasteiger partial charge in [-0.1, -0.05) is 86.6 Å². The van der Waals surface area contributed by atoms with E-state index in [2.05, 4.69) is 19.2 Å². The molecule has 3 aromatic carbocycles. The first-order valence-corrected chi connectivity index (χ1v) is 11.3. The number of amides is 2. The van der Waals surface area contributed by atoms with Crippen LogP contribution in [0.3, 0.4) is 0 Å². The van der Waals surface area contributed by atoms with Crippen molar-refractivity contribution in [2.45, 2.75) is 39.3 Å². The number of hydrogen-bond acceptors (Lipinski definition) is 2. The van der Waals surface area contributed by atoms with Gasteiger partial charge < -0.3 is 10.2 Å². The van der Waals surface area contributed by atoms with Crippen LogP contribution in [-0.4, -0.2) is 23.3 Å². The highest BCUT2D eigenvalue weighted by molar-refractivity contribution is 5.89. The van der Waals surface area contributed by atoms with E-state index in [0.29, 0.717) is 12.5 Å². The second-order valence-corrected chi connectivity index (χ2v) is 8.60. The van der Waals surface area contributed by atoms with Crippen LogP contribution < -0.4 is 5.32 Å². The molecule has 2 amide bonds. The van der Waals surface area contributed by atoms with Crippen LogP contribution in [-0.2, 0) is 22.6 Å². The standard InChI is InChI=1S/C28H31FN2O2/c1-21(2)17-18-30-28(33)27(24-11-7-4-8-12-24)31(20-23-13-15-25(29)16-14-23)26(32)19-22-9-5-3-6-10-22/h3-16,21,27H,17-20H2,1-2H3,(H,30,33). The maximum atomic E-state index is 13.6. The van der Waals surface area contributed by atoms with Crippen molar-refractivity contribution in [3.8, 4) is 0 Å². The van der Waals surface area contributed by atoms with Gasteiger partial charge in [0, 0.05) is 13.1 Å². The minimum Gasteiger partial charge on any atom is -0.354 e. The first-order valence-electron chi connectivity index (χ1n) is 11.3. The number of hydrogen-bond donors (Lipinski definition) is 1. The summed E-state index contributed by atoms with van der Waals surface area (Å²) in [4.78, 5) is 28.6. The highest BCUT2D eigenvalue weighted by Gasteiger charge is 2.31. The van der Waals surface area contributed by atoms with Crippen LogP contribution in [0, 0.1) is 11.7 Å². The quantitative estimate of drug-likeness (QED) is 0.459. The molecule has 0 fully saturated rings. The molecule has 0 aliphatic heterocycles. The summed E-state index contributed by atoms with van der Waals surface area (Å²) >= 11 is 0. The molecule has 5 heteroatoms. The smallest absolute Gasteiger partial charge is 0.247 e. The Balaban J connectivity index is 1.94. The number of halogens is 1. The normalized spacial score (nSPS) is 11.8. The molecule has 0 heterocycles. The fourth-order valence-electron chi connectivity index (χ4n) is 3.67. The highest BCUT2D eigenvalue weighted by atomic mass is 19.1. The molecule has 3 rings (SSSR count). The first-order chi connectivity index (χ1) is 15.9. The second kappa shape index (κ2) is 12.0. The maximum Gasteiger partial charge on any atom is 0.247 e. The Morgan fingerprint density at radius 2 is 1.45 bits per heavy atom. The molecule has 1 atom stereocenters. The molecular weight excluding hydrogens is 415 g/mol. The summed E-state index contributed by atoms with van der Waals surface area (Å²) in [5.74, 6) is -0.272. The van der Waals surface area contributed by atoms with Gasteiger partial charge in [0.2, 0.25) is 11.8 Å².